The molecule has 0 amide bonds. The first kappa shape index (κ1) is 12.5. The highest BCUT2D eigenvalue weighted by molar-refractivity contribution is 5.66. The smallest absolute Gasteiger partial charge is 0.302 e. The summed E-state index contributed by atoms with van der Waals surface area (Å²) in [5.41, 5.74) is 0. The Hall–Kier alpha value is -0.570. The summed E-state index contributed by atoms with van der Waals surface area (Å²) in [5, 5.41) is 0. The summed E-state index contributed by atoms with van der Waals surface area (Å²) >= 11 is 0. The SMILES string of the molecule is CCCCCC1CC(OC(C)=O)CCO1. The van der Waals surface area contributed by atoms with Crippen molar-refractivity contribution in [1.82, 2.24) is 0 Å². The highest BCUT2D eigenvalue weighted by atomic mass is 16.6. The van der Waals surface area contributed by atoms with E-state index in [9.17, 15) is 4.79 Å². The minimum atomic E-state index is -0.172. The van der Waals surface area contributed by atoms with E-state index >= 15 is 0 Å². The van der Waals surface area contributed by atoms with E-state index in [1.165, 1.54) is 26.2 Å². The molecule has 88 valence electrons. The van der Waals surface area contributed by atoms with Gasteiger partial charge in [-0.15, -0.1) is 0 Å². The summed E-state index contributed by atoms with van der Waals surface area (Å²) in [6, 6.07) is 0. The van der Waals surface area contributed by atoms with Gasteiger partial charge in [0.05, 0.1) is 12.7 Å². The Labute approximate surface area is 92.1 Å². The summed E-state index contributed by atoms with van der Waals surface area (Å²) in [4.78, 5) is 10.8. The van der Waals surface area contributed by atoms with Crippen molar-refractivity contribution in [3.8, 4) is 0 Å². The molecule has 1 aliphatic heterocycles. The van der Waals surface area contributed by atoms with Crippen molar-refractivity contribution >= 4 is 5.97 Å². The molecule has 2 unspecified atom stereocenters. The zero-order valence-electron chi connectivity index (χ0n) is 9.83. The minimum absolute atomic E-state index is 0.0860. The van der Waals surface area contributed by atoms with Crippen LogP contribution in [0.3, 0.4) is 0 Å². The predicted octanol–water partition coefficient (Wildman–Crippen LogP) is 2.68. The maximum absolute atomic E-state index is 10.8. The number of hydrogen-bond donors (Lipinski definition) is 0. The fraction of sp³-hybridized carbons (Fsp3) is 0.917. The third-order valence-electron chi connectivity index (χ3n) is 2.78. The fourth-order valence-electron chi connectivity index (χ4n) is 2.01. The average Bonchev–Trinajstić information content (AvgIpc) is 2.18. The molecule has 0 aromatic heterocycles. The van der Waals surface area contributed by atoms with E-state index in [4.69, 9.17) is 9.47 Å². The summed E-state index contributed by atoms with van der Waals surface area (Å²) in [6.45, 7) is 4.40. The van der Waals surface area contributed by atoms with Gasteiger partial charge in [0, 0.05) is 19.8 Å². The topological polar surface area (TPSA) is 35.5 Å². The fourth-order valence-corrected chi connectivity index (χ4v) is 2.01. The Morgan fingerprint density at radius 2 is 2.27 bits per heavy atom. The Bertz CT molecular complexity index is 191. The molecule has 0 bridgehead atoms. The first-order chi connectivity index (χ1) is 7.22. The molecule has 0 aromatic carbocycles. The molecular weight excluding hydrogens is 192 g/mol. The standard InChI is InChI=1S/C12H22O3/c1-3-4-5-6-11-9-12(7-8-14-11)15-10(2)13/h11-12H,3-9H2,1-2H3. The van der Waals surface area contributed by atoms with Gasteiger partial charge in [0.2, 0.25) is 0 Å². The molecule has 2 atom stereocenters. The lowest BCUT2D eigenvalue weighted by atomic mass is 10.0. The van der Waals surface area contributed by atoms with Gasteiger partial charge in [-0.25, -0.2) is 0 Å². The number of rotatable bonds is 5. The quantitative estimate of drug-likeness (QED) is 0.521. The lowest BCUT2D eigenvalue weighted by Gasteiger charge is -2.29. The lowest BCUT2D eigenvalue weighted by molar-refractivity contribution is -0.153. The normalized spacial score (nSPS) is 26.3. The molecule has 1 heterocycles. The van der Waals surface area contributed by atoms with Crippen LogP contribution in [0.2, 0.25) is 0 Å². The predicted molar refractivity (Wildman–Crippen MR) is 58.7 cm³/mol. The first-order valence-corrected chi connectivity index (χ1v) is 6.01. The van der Waals surface area contributed by atoms with Crippen LogP contribution in [0, 0.1) is 0 Å². The van der Waals surface area contributed by atoms with E-state index < -0.39 is 0 Å². The number of hydrogen-bond acceptors (Lipinski definition) is 3. The van der Waals surface area contributed by atoms with Crippen LogP contribution in [0.1, 0.15) is 52.4 Å². The van der Waals surface area contributed by atoms with Crippen LogP contribution in [0.5, 0.6) is 0 Å². The molecule has 0 radical (unpaired) electrons. The van der Waals surface area contributed by atoms with Crippen molar-refractivity contribution in [3.63, 3.8) is 0 Å². The summed E-state index contributed by atoms with van der Waals surface area (Å²) < 4.78 is 10.9. The second kappa shape index (κ2) is 6.83. The summed E-state index contributed by atoms with van der Waals surface area (Å²) in [7, 11) is 0. The highest BCUT2D eigenvalue weighted by Gasteiger charge is 2.23. The monoisotopic (exact) mass is 214 g/mol. The van der Waals surface area contributed by atoms with Gasteiger partial charge in [0.1, 0.15) is 6.10 Å². The van der Waals surface area contributed by atoms with E-state index in [1.54, 1.807) is 0 Å². The van der Waals surface area contributed by atoms with E-state index in [1.807, 2.05) is 0 Å². The second-order valence-corrected chi connectivity index (χ2v) is 4.24. The van der Waals surface area contributed by atoms with Crippen LogP contribution in [-0.2, 0) is 14.3 Å². The Kier molecular flexibility index (Phi) is 5.69. The van der Waals surface area contributed by atoms with Crippen molar-refractivity contribution in [2.75, 3.05) is 6.61 Å². The molecule has 1 fully saturated rings. The molecule has 0 N–H and O–H groups in total. The first-order valence-electron chi connectivity index (χ1n) is 6.01. The molecule has 1 aliphatic rings. The maximum atomic E-state index is 10.8. The zero-order chi connectivity index (χ0) is 11.1. The third-order valence-corrected chi connectivity index (χ3v) is 2.78. The molecule has 1 saturated heterocycles. The Balaban J connectivity index is 2.19. The molecule has 3 heteroatoms. The lowest BCUT2D eigenvalue weighted by Crippen LogP contribution is -2.31. The van der Waals surface area contributed by atoms with Crippen molar-refractivity contribution in [2.24, 2.45) is 0 Å². The van der Waals surface area contributed by atoms with E-state index in [0.29, 0.717) is 6.10 Å². The van der Waals surface area contributed by atoms with Gasteiger partial charge in [-0.3, -0.25) is 4.79 Å². The third kappa shape index (κ3) is 5.17. The van der Waals surface area contributed by atoms with Crippen LogP contribution >= 0.6 is 0 Å². The molecule has 0 aliphatic carbocycles. The molecule has 0 saturated carbocycles. The van der Waals surface area contributed by atoms with Gasteiger partial charge in [0.25, 0.3) is 0 Å². The molecule has 3 nitrogen and oxygen atoms in total. The van der Waals surface area contributed by atoms with Crippen molar-refractivity contribution in [1.29, 1.82) is 0 Å². The maximum Gasteiger partial charge on any atom is 0.302 e. The van der Waals surface area contributed by atoms with Gasteiger partial charge in [0.15, 0.2) is 0 Å². The van der Waals surface area contributed by atoms with Crippen molar-refractivity contribution in [3.05, 3.63) is 0 Å². The number of carbonyl (C=O) groups excluding carboxylic acids is 1. The molecule has 15 heavy (non-hydrogen) atoms. The largest absolute Gasteiger partial charge is 0.462 e. The van der Waals surface area contributed by atoms with Gasteiger partial charge >= 0.3 is 5.97 Å². The summed E-state index contributed by atoms with van der Waals surface area (Å²) in [5.74, 6) is -0.172. The van der Waals surface area contributed by atoms with Gasteiger partial charge in [-0.1, -0.05) is 26.2 Å². The molecular formula is C12H22O3. The number of ether oxygens (including phenoxy) is 2. The number of esters is 1. The van der Waals surface area contributed by atoms with Gasteiger partial charge in [-0.05, 0) is 6.42 Å². The van der Waals surface area contributed by atoms with Crippen LogP contribution in [-0.4, -0.2) is 24.8 Å². The number of unbranched alkanes of at least 4 members (excludes halogenated alkanes) is 2. The van der Waals surface area contributed by atoms with Gasteiger partial charge < -0.3 is 9.47 Å². The Morgan fingerprint density at radius 1 is 1.47 bits per heavy atom. The summed E-state index contributed by atoms with van der Waals surface area (Å²) in [6.07, 6.45) is 6.93. The molecule has 0 spiro atoms. The van der Waals surface area contributed by atoms with Crippen LogP contribution in [0.15, 0.2) is 0 Å². The number of carbonyl (C=O) groups is 1. The van der Waals surface area contributed by atoms with Crippen molar-refractivity contribution < 1.29 is 14.3 Å². The van der Waals surface area contributed by atoms with E-state index in [2.05, 4.69) is 6.92 Å². The Morgan fingerprint density at radius 3 is 2.93 bits per heavy atom. The van der Waals surface area contributed by atoms with Crippen LogP contribution in [0.25, 0.3) is 0 Å². The van der Waals surface area contributed by atoms with Crippen LogP contribution < -0.4 is 0 Å². The highest BCUT2D eigenvalue weighted by Crippen LogP contribution is 2.21. The molecule has 1 rings (SSSR count). The average molecular weight is 214 g/mol. The molecule has 0 aromatic rings. The van der Waals surface area contributed by atoms with Crippen molar-refractivity contribution in [2.45, 2.75) is 64.6 Å². The van der Waals surface area contributed by atoms with Gasteiger partial charge in [-0.2, -0.15) is 0 Å². The second-order valence-electron chi connectivity index (χ2n) is 4.24. The minimum Gasteiger partial charge on any atom is -0.462 e. The van der Waals surface area contributed by atoms with Crippen LogP contribution in [0.4, 0.5) is 0 Å². The van der Waals surface area contributed by atoms with E-state index in [0.717, 1.165) is 25.9 Å². The zero-order valence-corrected chi connectivity index (χ0v) is 9.83. The van der Waals surface area contributed by atoms with E-state index in [-0.39, 0.29) is 12.1 Å².